The molecule has 0 bridgehead atoms. The van der Waals surface area contributed by atoms with Gasteiger partial charge in [-0.2, -0.15) is 0 Å². The van der Waals surface area contributed by atoms with E-state index in [1.165, 1.54) is 0 Å². The van der Waals surface area contributed by atoms with E-state index < -0.39 is 5.54 Å². The van der Waals surface area contributed by atoms with Crippen LogP contribution in [0.1, 0.15) is 31.9 Å². The molecule has 3 aromatic rings. The number of nitrogens with two attached hydrogens (primary N) is 1. The van der Waals surface area contributed by atoms with Crippen molar-refractivity contribution in [2.75, 3.05) is 5.75 Å². The molecule has 7 heteroatoms. The molecule has 0 saturated carbocycles. The molecule has 3 heterocycles. The van der Waals surface area contributed by atoms with Crippen molar-refractivity contribution < 1.29 is 4.74 Å². The van der Waals surface area contributed by atoms with E-state index in [4.69, 9.17) is 22.1 Å². The standard InChI is InChI=1S/C23H23ClN4OS/c1-22(2,3)28-21(25)30-12-23(28)17-8-14(15-10-26-13-27-11-15)4-6-19(17)29-20-7-5-16(24)9-18(20)23/h4-11,13,21H,12,25H2,1-3H3. The van der Waals surface area contributed by atoms with Crippen molar-refractivity contribution in [3.63, 3.8) is 0 Å². The Morgan fingerprint density at radius 2 is 1.73 bits per heavy atom. The molecule has 0 radical (unpaired) electrons. The lowest BCUT2D eigenvalue weighted by Crippen LogP contribution is -2.58. The Morgan fingerprint density at radius 1 is 1.07 bits per heavy atom. The molecule has 0 aliphatic carbocycles. The number of thioether (sulfide) groups is 1. The number of rotatable bonds is 1. The third-order valence-electron chi connectivity index (χ3n) is 5.78. The molecule has 1 fully saturated rings. The van der Waals surface area contributed by atoms with Gasteiger partial charge in [0.05, 0.1) is 5.54 Å². The number of hydrogen-bond donors (Lipinski definition) is 1. The molecule has 0 amide bonds. The lowest BCUT2D eigenvalue weighted by Gasteiger charge is -2.50. The Morgan fingerprint density at radius 3 is 2.43 bits per heavy atom. The lowest BCUT2D eigenvalue weighted by atomic mass is 9.77. The molecule has 2 aliphatic rings. The van der Waals surface area contributed by atoms with Crippen LogP contribution in [0.3, 0.4) is 0 Å². The highest BCUT2D eigenvalue weighted by molar-refractivity contribution is 8.00. The summed E-state index contributed by atoms with van der Waals surface area (Å²) >= 11 is 8.21. The van der Waals surface area contributed by atoms with Gasteiger partial charge in [-0.15, -0.1) is 11.8 Å². The lowest BCUT2D eigenvalue weighted by molar-refractivity contribution is 0.0379. The number of ether oxygens (including phenoxy) is 1. The third-order valence-corrected chi connectivity index (χ3v) is 7.15. The Hall–Kier alpha value is -2.12. The third kappa shape index (κ3) is 2.94. The summed E-state index contributed by atoms with van der Waals surface area (Å²) in [5, 5.41) is 0.687. The SMILES string of the molecule is CC(C)(C)N1C(N)SCC12c1cc(Cl)ccc1Oc1ccc(-c3cncnc3)cc12. The molecule has 2 aliphatic heterocycles. The Balaban J connectivity index is 1.80. The second kappa shape index (κ2) is 6.95. The summed E-state index contributed by atoms with van der Waals surface area (Å²) in [7, 11) is 0. The van der Waals surface area contributed by atoms with Crippen LogP contribution in [0.5, 0.6) is 11.5 Å². The molecule has 2 unspecified atom stereocenters. The molecule has 1 saturated heterocycles. The fourth-order valence-corrected chi connectivity index (χ4v) is 6.36. The first-order chi connectivity index (χ1) is 14.3. The van der Waals surface area contributed by atoms with Crippen LogP contribution in [0.4, 0.5) is 0 Å². The minimum atomic E-state index is -0.457. The topological polar surface area (TPSA) is 64.3 Å². The zero-order valence-electron chi connectivity index (χ0n) is 17.1. The maximum atomic E-state index is 6.67. The van der Waals surface area contributed by atoms with Crippen molar-refractivity contribution in [3.05, 3.63) is 71.3 Å². The van der Waals surface area contributed by atoms with E-state index in [1.54, 1.807) is 18.1 Å². The second-order valence-corrected chi connectivity index (χ2v) is 10.2. The smallest absolute Gasteiger partial charge is 0.133 e. The van der Waals surface area contributed by atoms with Crippen molar-refractivity contribution in [1.29, 1.82) is 0 Å². The number of halogens is 1. The summed E-state index contributed by atoms with van der Waals surface area (Å²) in [6.07, 6.45) is 5.19. The van der Waals surface area contributed by atoms with Crippen LogP contribution in [-0.4, -0.2) is 31.7 Å². The van der Waals surface area contributed by atoms with Crippen molar-refractivity contribution in [1.82, 2.24) is 14.9 Å². The summed E-state index contributed by atoms with van der Waals surface area (Å²) in [5.41, 5.74) is 10.0. The van der Waals surface area contributed by atoms with E-state index in [-0.39, 0.29) is 11.0 Å². The maximum absolute atomic E-state index is 6.67. The zero-order chi connectivity index (χ0) is 21.1. The normalized spacial score (nSPS) is 23.2. The Bertz CT molecular complexity index is 1120. The van der Waals surface area contributed by atoms with Crippen LogP contribution < -0.4 is 10.5 Å². The average molecular weight is 439 g/mol. The predicted molar refractivity (Wildman–Crippen MR) is 122 cm³/mol. The number of nitrogens with zero attached hydrogens (tertiary/aromatic N) is 3. The van der Waals surface area contributed by atoms with Gasteiger partial charge in [0, 0.05) is 45.4 Å². The van der Waals surface area contributed by atoms with Crippen LogP contribution in [0, 0.1) is 0 Å². The number of benzene rings is 2. The molecule has 2 aromatic carbocycles. The van der Waals surface area contributed by atoms with Gasteiger partial charge in [-0.25, -0.2) is 9.97 Å². The molecular formula is C23H23ClN4OS. The highest BCUT2D eigenvalue weighted by Gasteiger charge is 2.56. The first-order valence-corrected chi connectivity index (χ1v) is 11.3. The largest absolute Gasteiger partial charge is 0.457 e. The van der Waals surface area contributed by atoms with Crippen LogP contribution in [0.25, 0.3) is 11.1 Å². The van der Waals surface area contributed by atoms with Crippen molar-refractivity contribution in [2.45, 2.75) is 37.3 Å². The Kier molecular flexibility index (Phi) is 4.59. The fraction of sp³-hybridized carbons (Fsp3) is 0.304. The van der Waals surface area contributed by atoms with Crippen LogP contribution in [0.2, 0.25) is 5.02 Å². The molecule has 2 N–H and O–H groups in total. The van der Waals surface area contributed by atoms with E-state index in [1.807, 2.05) is 36.7 Å². The minimum Gasteiger partial charge on any atom is -0.457 e. The van der Waals surface area contributed by atoms with Gasteiger partial charge in [0.2, 0.25) is 0 Å². The summed E-state index contributed by atoms with van der Waals surface area (Å²) in [6, 6.07) is 12.1. The van der Waals surface area contributed by atoms with E-state index in [2.05, 4.69) is 47.8 Å². The molecule has 5 nitrogen and oxygen atoms in total. The van der Waals surface area contributed by atoms with Gasteiger partial charge in [0.15, 0.2) is 0 Å². The monoisotopic (exact) mass is 438 g/mol. The molecule has 5 rings (SSSR count). The fourth-order valence-electron chi connectivity index (χ4n) is 4.68. The number of fused-ring (bicyclic) bond motifs is 4. The van der Waals surface area contributed by atoms with Crippen molar-refractivity contribution >= 4 is 23.4 Å². The summed E-state index contributed by atoms with van der Waals surface area (Å²) in [5.74, 6) is 2.48. The van der Waals surface area contributed by atoms with Crippen molar-refractivity contribution in [2.24, 2.45) is 5.73 Å². The number of hydrogen-bond acceptors (Lipinski definition) is 6. The quantitative estimate of drug-likeness (QED) is 0.560. The van der Waals surface area contributed by atoms with E-state index in [9.17, 15) is 0 Å². The highest BCUT2D eigenvalue weighted by Crippen LogP contribution is 2.58. The molecular weight excluding hydrogens is 416 g/mol. The van der Waals surface area contributed by atoms with Gasteiger partial charge in [0.25, 0.3) is 0 Å². The van der Waals surface area contributed by atoms with E-state index in [0.29, 0.717) is 5.02 Å². The highest BCUT2D eigenvalue weighted by atomic mass is 35.5. The first-order valence-electron chi connectivity index (χ1n) is 9.85. The average Bonchev–Trinajstić information content (AvgIpc) is 3.07. The molecule has 30 heavy (non-hydrogen) atoms. The Labute approximate surface area is 185 Å². The number of aromatic nitrogens is 2. The summed E-state index contributed by atoms with van der Waals surface area (Å²) in [4.78, 5) is 10.8. The molecule has 1 spiro atoms. The van der Waals surface area contributed by atoms with Gasteiger partial charge in [0.1, 0.15) is 23.3 Å². The summed E-state index contributed by atoms with van der Waals surface area (Å²) in [6.45, 7) is 6.61. The molecule has 2 atom stereocenters. The van der Waals surface area contributed by atoms with Crippen LogP contribution in [-0.2, 0) is 5.54 Å². The molecule has 154 valence electrons. The van der Waals surface area contributed by atoms with Gasteiger partial charge >= 0.3 is 0 Å². The van der Waals surface area contributed by atoms with Crippen LogP contribution >= 0.6 is 23.4 Å². The molecule has 1 aromatic heterocycles. The van der Waals surface area contributed by atoms with Gasteiger partial charge in [-0.3, -0.25) is 4.90 Å². The van der Waals surface area contributed by atoms with Gasteiger partial charge in [-0.1, -0.05) is 17.7 Å². The maximum Gasteiger partial charge on any atom is 0.133 e. The van der Waals surface area contributed by atoms with Gasteiger partial charge in [-0.05, 0) is 56.7 Å². The van der Waals surface area contributed by atoms with E-state index >= 15 is 0 Å². The zero-order valence-corrected chi connectivity index (χ0v) is 18.7. The predicted octanol–water partition coefficient (Wildman–Crippen LogP) is 5.24. The van der Waals surface area contributed by atoms with Crippen LogP contribution in [0.15, 0.2) is 55.1 Å². The minimum absolute atomic E-state index is 0.147. The van der Waals surface area contributed by atoms with E-state index in [0.717, 1.165) is 39.5 Å². The first kappa shape index (κ1) is 19.8. The van der Waals surface area contributed by atoms with Crippen molar-refractivity contribution in [3.8, 4) is 22.6 Å². The summed E-state index contributed by atoms with van der Waals surface area (Å²) < 4.78 is 6.34. The van der Waals surface area contributed by atoms with Gasteiger partial charge < -0.3 is 10.5 Å². The second-order valence-electron chi connectivity index (χ2n) is 8.68.